The molecule has 142 valence electrons. The maximum Gasteiger partial charge on any atom is 0.272 e. The van der Waals surface area contributed by atoms with Crippen LogP contribution in [0, 0.1) is 0 Å². The number of nitrogens with one attached hydrogen (secondary N) is 1. The van der Waals surface area contributed by atoms with Crippen LogP contribution in [0.25, 0.3) is 16.3 Å². The van der Waals surface area contributed by atoms with Crippen molar-refractivity contribution in [2.45, 2.75) is 18.4 Å². The molecule has 1 atom stereocenters. The molecule has 0 aliphatic carbocycles. The van der Waals surface area contributed by atoms with Crippen LogP contribution in [0.15, 0.2) is 80.9 Å². The van der Waals surface area contributed by atoms with Gasteiger partial charge in [-0.2, -0.15) is 5.10 Å². The predicted octanol–water partition coefficient (Wildman–Crippen LogP) is 3.13. The van der Waals surface area contributed by atoms with Gasteiger partial charge >= 0.3 is 0 Å². The molecule has 1 heterocycles. The van der Waals surface area contributed by atoms with Crippen LogP contribution in [0.1, 0.15) is 18.2 Å². The molecular formula is C21H20N4O2S. The first-order valence-electron chi connectivity index (χ1n) is 8.58. The van der Waals surface area contributed by atoms with Crippen LogP contribution in [-0.4, -0.2) is 21.0 Å². The normalized spacial score (nSPS) is 13.2. The summed E-state index contributed by atoms with van der Waals surface area (Å²) in [5.74, 6) is 0. The number of aromatic nitrogens is 2. The first-order valence-corrected chi connectivity index (χ1v) is 9.73. The molecule has 0 radical (unpaired) electrons. The van der Waals surface area contributed by atoms with Crippen LogP contribution in [-0.2, 0) is 17.7 Å². The van der Waals surface area contributed by atoms with E-state index >= 15 is 0 Å². The number of rotatable bonds is 6. The average molecular weight is 392 g/mol. The van der Waals surface area contributed by atoms with Gasteiger partial charge in [0.2, 0.25) is 0 Å². The molecule has 6 nitrogen and oxygen atoms in total. The minimum Gasteiger partial charge on any atom is -0.606 e. The van der Waals surface area contributed by atoms with Gasteiger partial charge in [0, 0.05) is 29.3 Å². The lowest BCUT2D eigenvalue weighted by Gasteiger charge is -2.08. The van der Waals surface area contributed by atoms with Crippen molar-refractivity contribution in [3.05, 3.63) is 87.8 Å². The Morgan fingerprint density at radius 1 is 1.29 bits per heavy atom. The molecule has 0 spiro atoms. The van der Waals surface area contributed by atoms with E-state index in [1.54, 1.807) is 24.4 Å². The fourth-order valence-electron chi connectivity index (χ4n) is 2.67. The van der Waals surface area contributed by atoms with Crippen molar-refractivity contribution in [2.24, 2.45) is 10.7 Å². The Bertz CT molecular complexity index is 1120. The molecule has 0 fully saturated rings. The monoisotopic (exact) mass is 392 g/mol. The fourth-order valence-corrected chi connectivity index (χ4v) is 3.53. The number of nitrogens with two attached hydrogens (primary N) is 1. The summed E-state index contributed by atoms with van der Waals surface area (Å²) in [6.45, 7) is 5.96. The average Bonchev–Trinajstić information content (AvgIpc) is 2.73. The number of hydrogen-bond donors (Lipinski definition) is 2. The van der Waals surface area contributed by atoms with Gasteiger partial charge in [-0.05, 0) is 48.9 Å². The van der Waals surface area contributed by atoms with Crippen molar-refractivity contribution in [1.82, 2.24) is 10.2 Å². The van der Waals surface area contributed by atoms with Crippen molar-refractivity contribution < 1.29 is 4.55 Å². The van der Waals surface area contributed by atoms with Crippen LogP contribution in [0.4, 0.5) is 0 Å². The smallest absolute Gasteiger partial charge is 0.272 e. The highest BCUT2D eigenvalue weighted by Crippen LogP contribution is 2.21. The quantitative estimate of drug-likeness (QED) is 0.496. The highest BCUT2D eigenvalue weighted by Gasteiger charge is 2.13. The van der Waals surface area contributed by atoms with E-state index in [0.29, 0.717) is 20.9 Å². The zero-order chi connectivity index (χ0) is 20.1. The van der Waals surface area contributed by atoms with Crippen LogP contribution >= 0.6 is 0 Å². The molecule has 3 aromatic rings. The zero-order valence-corrected chi connectivity index (χ0v) is 16.2. The second-order valence-electron chi connectivity index (χ2n) is 6.10. The minimum atomic E-state index is -1.35. The summed E-state index contributed by atoms with van der Waals surface area (Å²) in [7, 11) is 0. The first kappa shape index (κ1) is 19.8. The van der Waals surface area contributed by atoms with Crippen molar-refractivity contribution in [3.8, 4) is 0 Å². The SMILES string of the molecule is C=C(/C=N\C=C(/C)c1ccc2c(=O)[nH]nc(CN)c2c1)[S+]([O-])c1ccccc1. The second kappa shape index (κ2) is 8.79. The van der Waals surface area contributed by atoms with Crippen LogP contribution in [0.2, 0.25) is 0 Å². The number of hydrogen-bond acceptors (Lipinski definition) is 5. The summed E-state index contributed by atoms with van der Waals surface area (Å²) in [4.78, 5) is 17.3. The lowest BCUT2D eigenvalue weighted by Crippen LogP contribution is -2.13. The molecule has 2 aromatic carbocycles. The Morgan fingerprint density at radius 2 is 2.04 bits per heavy atom. The molecule has 1 aromatic heterocycles. The van der Waals surface area contributed by atoms with E-state index in [0.717, 1.165) is 16.5 Å². The van der Waals surface area contributed by atoms with E-state index in [9.17, 15) is 9.35 Å². The van der Waals surface area contributed by atoms with E-state index in [-0.39, 0.29) is 12.1 Å². The van der Waals surface area contributed by atoms with Crippen molar-refractivity contribution >= 4 is 33.7 Å². The van der Waals surface area contributed by atoms with Crippen molar-refractivity contribution in [2.75, 3.05) is 0 Å². The maximum atomic E-state index is 12.4. The standard InChI is InChI=1S/C21H20N4O2S/c1-14(12-23-13-15(2)28(27)17-6-4-3-5-7-17)16-8-9-18-19(10-16)20(11-22)24-25-21(18)26/h3-10,12-13H,2,11,22H2,1H3,(H,25,26)/b14-12+,23-13-. The third-order valence-electron chi connectivity index (χ3n) is 4.20. The topological polar surface area (TPSA) is 107 Å². The minimum absolute atomic E-state index is 0.225. The third kappa shape index (κ3) is 4.28. The largest absolute Gasteiger partial charge is 0.606 e. The van der Waals surface area contributed by atoms with Gasteiger partial charge in [0.1, 0.15) is 0 Å². The van der Waals surface area contributed by atoms with E-state index in [1.165, 1.54) is 6.21 Å². The molecule has 0 bridgehead atoms. The van der Waals surface area contributed by atoms with Crippen LogP contribution < -0.4 is 11.3 Å². The number of benzene rings is 2. The highest BCUT2D eigenvalue weighted by molar-refractivity contribution is 7.96. The number of fused-ring (bicyclic) bond motifs is 1. The summed E-state index contributed by atoms with van der Waals surface area (Å²) < 4.78 is 12.4. The molecule has 7 heteroatoms. The Labute approximate surface area is 165 Å². The summed E-state index contributed by atoms with van der Waals surface area (Å²) in [6, 6.07) is 14.6. The van der Waals surface area contributed by atoms with E-state index in [4.69, 9.17) is 5.73 Å². The van der Waals surface area contributed by atoms with Gasteiger partial charge in [-0.15, -0.1) is 0 Å². The Morgan fingerprint density at radius 3 is 2.75 bits per heavy atom. The van der Waals surface area contributed by atoms with Gasteiger partial charge < -0.3 is 10.3 Å². The Hall–Kier alpha value is -3.00. The molecule has 0 amide bonds. The van der Waals surface area contributed by atoms with E-state index in [2.05, 4.69) is 21.8 Å². The fraction of sp³-hybridized carbons (Fsp3) is 0.0952. The van der Waals surface area contributed by atoms with Crippen molar-refractivity contribution in [3.63, 3.8) is 0 Å². The molecule has 0 aliphatic rings. The summed E-state index contributed by atoms with van der Waals surface area (Å²) in [6.07, 6.45) is 3.16. The molecule has 28 heavy (non-hydrogen) atoms. The van der Waals surface area contributed by atoms with Crippen LogP contribution in [0.3, 0.4) is 0 Å². The molecule has 3 N–H and O–H groups in total. The number of nitrogens with zero attached hydrogens (tertiary/aromatic N) is 2. The second-order valence-corrected chi connectivity index (χ2v) is 7.64. The molecule has 0 saturated carbocycles. The molecule has 0 saturated heterocycles. The van der Waals surface area contributed by atoms with Gasteiger partial charge in [0.25, 0.3) is 5.56 Å². The Kier molecular flexibility index (Phi) is 6.20. The lowest BCUT2D eigenvalue weighted by atomic mass is 10.0. The maximum absolute atomic E-state index is 12.4. The molecular weight excluding hydrogens is 372 g/mol. The van der Waals surface area contributed by atoms with E-state index < -0.39 is 11.2 Å². The van der Waals surface area contributed by atoms with E-state index in [1.807, 2.05) is 37.3 Å². The highest BCUT2D eigenvalue weighted by atomic mass is 32.2. The van der Waals surface area contributed by atoms with Gasteiger partial charge in [-0.25, -0.2) is 5.10 Å². The summed E-state index contributed by atoms with van der Waals surface area (Å²) >= 11 is -1.35. The van der Waals surface area contributed by atoms with Gasteiger partial charge in [0.05, 0.1) is 17.3 Å². The van der Waals surface area contributed by atoms with Gasteiger partial charge in [-0.1, -0.05) is 24.3 Å². The predicted molar refractivity (Wildman–Crippen MR) is 114 cm³/mol. The first-order chi connectivity index (χ1) is 13.5. The molecule has 3 rings (SSSR count). The van der Waals surface area contributed by atoms with Gasteiger partial charge in [0.15, 0.2) is 9.80 Å². The number of aliphatic imine (C=N–C) groups is 1. The van der Waals surface area contributed by atoms with Gasteiger partial charge in [-0.3, -0.25) is 9.79 Å². The zero-order valence-electron chi connectivity index (χ0n) is 15.4. The Balaban J connectivity index is 1.82. The molecule has 0 aliphatic heterocycles. The lowest BCUT2D eigenvalue weighted by molar-refractivity contribution is 0.602. The van der Waals surface area contributed by atoms with Crippen LogP contribution in [0.5, 0.6) is 0 Å². The van der Waals surface area contributed by atoms with Crippen molar-refractivity contribution in [1.29, 1.82) is 0 Å². The number of aromatic amines is 1. The third-order valence-corrected chi connectivity index (χ3v) is 5.48. The number of allylic oxidation sites excluding steroid dienone is 2. The number of H-pyrrole nitrogens is 1. The summed E-state index contributed by atoms with van der Waals surface area (Å²) in [5.41, 5.74) is 7.86. The summed E-state index contributed by atoms with van der Waals surface area (Å²) in [5, 5.41) is 7.71. The molecule has 1 unspecified atom stereocenters.